The van der Waals surface area contributed by atoms with E-state index in [0.29, 0.717) is 6.42 Å². The number of carbonyl (C=O) groups is 1. The van der Waals surface area contributed by atoms with Crippen LogP contribution in [-0.4, -0.2) is 25.5 Å². The summed E-state index contributed by atoms with van der Waals surface area (Å²) in [7, 11) is 3.25. The SMILES string of the molecule is CC.COC.O=CCc1csc(Br)n1. The van der Waals surface area contributed by atoms with Crippen molar-refractivity contribution in [1.82, 2.24) is 4.98 Å². The van der Waals surface area contributed by atoms with E-state index >= 15 is 0 Å². The summed E-state index contributed by atoms with van der Waals surface area (Å²) in [5, 5.41) is 1.86. The molecule has 0 N–H and O–H groups in total. The van der Waals surface area contributed by atoms with Gasteiger partial charge >= 0.3 is 0 Å². The Kier molecular flexibility index (Phi) is 14.7. The third-order valence-corrected chi connectivity index (χ3v) is 2.23. The van der Waals surface area contributed by atoms with Crippen molar-refractivity contribution in [1.29, 1.82) is 0 Å². The average Bonchev–Trinajstić information content (AvgIpc) is 2.57. The standard InChI is InChI=1S/C5H4BrNOS.C2H6O.C2H6/c6-5-7-4(1-2-8)3-9-5;1-3-2;1-2/h2-3H,1H2;1-2H3;1-2H3. The monoisotopic (exact) mass is 281 g/mol. The number of halogens is 1. The lowest BCUT2D eigenvalue weighted by molar-refractivity contribution is -0.107. The maximum absolute atomic E-state index is 9.93. The lowest BCUT2D eigenvalue weighted by atomic mass is 10.4. The Bertz CT molecular complexity index is 228. The van der Waals surface area contributed by atoms with Crippen molar-refractivity contribution in [3.05, 3.63) is 15.0 Å². The molecule has 82 valence electrons. The highest BCUT2D eigenvalue weighted by molar-refractivity contribution is 9.11. The normalized spacial score (nSPS) is 7.79. The summed E-state index contributed by atoms with van der Waals surface area (Å²) < 4.78 is 5.08. The largest absolute Gasteiger partial charge is 0.388 e. The van der Waals surface area contributed by atoms with Gasteiger partial charge in [-0.05, 0) is 15.9 Å². The fraction of sp³-hybridized carbons (Fsp3) is 0.556. The van der Waals surface area contributed by atoms with E-state index < -0.39 is 0 Å². The number of nitrogens with zero attached hydrogens (tertiary/aromatic N) is 1. The van der Waals surface area contributed by atoms with E-state index in [-0.39, 0.29) is 0 Å². The number of ether oxygens (including phenoxy) is 1. The molecule has 5 heteroatoms. The fourth-order valence-corrected chi connectivity index (χ4v) is 1.52. The summed E-state index contributed by atoms with van der Waals surface area (Å²) >= 11 is 4.68. The van der Waals surface area contributed by atoms with Gasteiger partial charge in [0.15, 0.2) is 3.92 Å². The van der Waals surface area contributed by atoms with Crippen LogP contribution >= 0.6 is 27.3 Å². The molecule has 0 saturated heterocycles. The molecule has 0 bridgehead atoms. The Labute approximate surface area is 97.6 Å². The van der Waals surface area contributed by atoms with Crippen LogP contribution in [0, 0.1) is 0 Å². The number of aldehydes is 1. The van der Waals surface area contributed by atoms with Crippen molar-refractivity contribution in [2.75, 3.05) is 14.2 Å². The molecule has 1 rings (SSSR count). The quantitative estimate of drug-likeness (QED) is 0.783. The highest BCUT2D eigenvalue weighted by atomic mass is 79.9. The van der Waals surface area contributed by atoms with Gasteiger partial charge in [-0.1, -0.05) is 13.8 Å². The minimum absolute atomic E-state index is 0.419. The highest BCUT2D eigenvalue weighted by Crippen LogP contribution is 2.15. The van der Waals surface area contributed by atoms with Gasteiger partial charge in [-0.2, -0.15) is 0 Å². The second kappa shape index (κ2) is 12.7. The predicted octanol–water partition coefficient (Wildman–Crippen LogP) is 2.94. The van der Waals surface area contributed by atoms with Crippen molar-refractivity contribution in [2.45, 2.75) is 20.3 Å². The van der Waals surface area contributed by atoms with E-state index in [4.69, 9.17) is 0 Å². The van der Waals surface area contributed by atoms with Crippen LogP contribution in [0.2, 0.25) is 0 Å². The summed E-state index contributed by atoms with van der Waals surface area (Å²) in [5.74, 6) is 0. The second-order valence-corrected chi connectivity index (χ2v) is 4.00. The fourth-order valence-electron chi connectivity index (χ4n) is 0.461. The van der Waals surface area contributed by atoms with E-state index in [2.05, 4.69) is 25.7 Å². The predicted molar refractivity (Wildman–Crippen MR) is 63.9 cm³/mol. The average molecular weight is 282 g/mol. The minimum Gasteiger partial charge on any atom is -0.388 e. The molecule has 0 saturated carbocycles. The van der Waals surface area contributed by atoms with Crippen LogP contribution in [0.5, 0.6) is 0 Å². The van der Waals surface area contributed by atoms with Gasteiger partial charge in [-0.3, -0.25) is 0 Å². The Hall–Kier alpha value is -0.260. The first kappa shape index (κ1) is 16.2. The molecule has 0 aliphatic carbocycles. The first-order chi connectivity index (χ1) is 6.74. The molecule has 0 aliphatic rings. The maximum atomic E-state index is 9.93. The molecule has 0 atom stereocenters. The lowest BCUT2D eigenvalue weighted by Crippen LogP contribution is -1.83. The van der Waals surface area contributed by atoms with E-state index in [1.165, 1.54) is 11.3 Å². The first-order valence-electron chi connectivity index (χ1n) is 4.18. The molecule has 0 fully saturated rings. The molecule has 0 spiro atoms. The zero-order valence-electron chi connectivity index (χ0n) is 8.91. The summed E-state index contributed by atoms with van der Waals surface area (Å²) in [6.45, 7) is 4.00. The topological polar surface area (TPSA) is 39.2 Å². The zero-order valence-corrected chi connectivity index (χ0v) is 11.3. The molecule has 1 aromatic rings. The Balaban J connectivity index is 0. The molecule has 3 nitrogen and oxygen atoms in total. The molecule has 14 heavy (non-hydrogen) atoms. The second-order valence-electron chi connectivity index (χ2n) is 1.87. The van der Waals surface area contributed by atoms with Gasteiger partial charge in [0.05, 0.1) is 5.69 Å². The van der Waals surface area contributed by atoms with E-state index in [0.717, 1.165) is 15.9 Å². The molecular formula is C9H16BrNO2S. The molecule has 0 amide bonds. The smallest absolute Gasteiger partial charge is 0.159 e. The summed E-state index contributed by atoms with van der Waals surface area (Å²) in [6.07, 6.45) is 1.27. The van der Waals surface area contributed by atoms with Crippen LogP contribution in [-0.2, 0) is 16.0 Å². The van der Waals surface area contributed by atoms with Gasteiger partial charge in [0.1, 0.15) is 6.29 Å². The number of aromatic nitrogens is 1. The molecule has 1 aromatic heterocycles. The van der Waals surface area contributed by atoms with Crippen molar-refractivity contribution in [3.8, 4) is 0 Å². The molecular weight excluding hydrogens is 266 g/mol. The number of hydrogen-bond donors (Lipinski definition) is 0. The number of hydrogen-bond acceptors (Lipinski definition) is 4. The number of rotatable bonds is 2. The third-order valence-electron chi connectivity index (χ3n) is 0.816. The summed E-state index contributed by atoms with van der Waals surface area (Å²) in [6, 6.07) is 0. The van der Waals surface area contributed by atoms with Gasteiger partial charge < -0.3 is 9.53 Å². The number of carbonyl (C=O) groups excluding carboxylic acids is 1. The van der Waals surface area contributed by atoms with E-state index in [9.17, 15) is 4.79 Å². The zero-order chi connectivity index (χ0) is 11.4. The van der Waals surface area contributed by atoms with Crippen LogP contribution in [0.25, 0.3) is 0 Å². The van der Waals surface area contributed by atoms with Gasteiger partial charge in [-0.25, -0.2) is 4.98 Å². The molecule has 1 heterocycles. The van der Waals surface area contributed by atoms with Gasteiger partial charge in [0, 0.05) is 26.0 Å². The van der Waals surface area contributed by atoms with Crippen molar-refractivity contribution in [2.24, 2.45) is 0 Å². The number of thiazole rings is 1. The first-order valence-corrected chi connectivity index (χ1v) is 5.85. The van der Waals surface area contributed by atoms with Crippen LogP contribution in [0.4, 0.5) is 0 Å². The van der Waals surface area contributed by atoms with Crippen molar-refractivity contribution in [3.63, 3.8) is 0 Å². The minimum atomic E-state index is 0.419. The molecule has 0 unspecified atom stereocenters. The van der Waals surface area contributed by atoms with Gasteiger partial charge in [0.25, 0.3) is 0 Å². The molecule has 0 radical (unpaired) electrons. The Morgan fingerprint density at radius 1 is 1.57 bits per heavy atom. The molecule has 0 aliphatic heterocycles. The Morgan fingerprint density at radius 3 is 2.36 bits per heavy atom. The number of methoxy groups -OCH3 is 1. The van der Waals surface area contributed by atoms with Crippen molar-refractivity contribution >= 4 is 33.6 Å². The van der Waals surface area contributed by atoms with E-state index in [1.54, 1.807) is 14.2 Å². The van der Waals surface area contributed by atoms with Crippen LogP contribution in [0.15, 0.2) is 9.30 Å². The third kappa shape index (κ3) is 9.83. The van der Waals surface area contributed by atoms with Gasteiger partial charge in [0.2, 0.25) is 0 Å². The van der Waals surface area contributed by atoms with Crippen molar-refractivity contribution < 1.29 is 9.53 Å². The van der Waals surface area contributed by atoms with Crippen LogP contribution in [0.3, 0.4) is 0 Å². The lowest BCUT2D eigenvalue weighted by Gasteiger charge is -1.78. The summed E-state index contributed by atoms with van der Waals surface area (Å²) in [4.78, 5) is 13.9. The van der Waals surface area contributed by atoms with E-state index in [1.807, 2.05) is 19.2 Å². The highest BCUT2D eigenvalue weighted by Gasteiger charge is 1.95. The van der Waals surface area contributed by atoms with Crippen LogP contribution in [0.1, 0.15) is 19.5 Å². The molecule has 0 aromatic carbocycles. The van der Waals surface area contributed by atoms with Crippen LogP contribution < -0.4 is 0 Å². The maximum Gasteiger partial charge on any atom is 0.159 e. The summed E-state index contributed by atoms with van der Waals surface area (Å²) in [5.41, 5.74) is 0.835. The Morgan fingerprint density at radius 2 is 2.07 bits per heavy atom. The van der Waals surface area contributed by atoms with Gasteiger partial charge in [-0.15, -0.1) is 11.3 Å².